The quantitative estimate of drug-likeness (QED) is 0.166. The zero-order valence-electron chi connectivity index (χ0n) is 19.6. The topological polar surface area (TPSA) is 40.8 Å². The second-order valence-electron chi connectivity index (χ2n) is 9.45. The fourth-order valence-electron chi connectivity index (χ4n) is 3.38. The summed E-state index contributed by atoms with van der Waals surface area (Å²) in [6.07, 6.45) is 3.40. The van der Waals surface area contributed by atoms with Gasteiger partial charge in [0, 0.05) is 27.0 Å². The predicted molar refractivity (Wildman–Crippen MR) is 126 cm³/mol. The lowest BCUT2D eigenvalue weighted by Crippen LogP contribution is -2.23. The number of furan rings is 1. The normalized spacial score (nSPS) is 22.4. The van der Waals surface area contributed by atoms with Crippen LogP contribution >= 0.6 is 0 Å². The van der Waals surface area contributed by atoms with Crippen molar-refractivity contribution >= 4 is 14.1 Å². The molecule has 1 aliphatic rings. The lowest BCUT2D eigenvalue weighted by Gasteiger charge is -2.27. The highest BCUT2D eigenvalue weighted by Crippen LogP contribution is 2.37. The maximum Gasteiger partial charge on any atom is 0.147 e. The zero-order valence-corrected chi connectivity index (χ0v) is 20.6. The Labute approximate surface area is 183 Å². The van der Waals surface area contributed by atoms with Gasteiger partial charge < -0.3 is 18.6 Å². The van der Waals surface area contributed by atoms with E-state index in [2.05, 4.69) is 58.0 Å². The molecule has 0 amide bonds. The summed E-state index contributed by atoms with van der Waals surface area (Å²) in [6, 6.07) is 3.18. The number of hydrogen-bond acceptors (Lipinski definition) is 4. The Hall–Kier alpha value is -1.58. The van der Waals surface area contributed by atoms with Crippen molar-refractivity contribution in [1.82, 2.24) is 0 Å². The molecular formula is C25H38O4Si. The molecule has 0 spiro atoms. The first kappa shape index (κ1) is 24.7. The van der Waals surface area contributed by atoms with Gasteiger partial charge in [-0.25, -0.2) is 0 Å². The molecule has 0 aliphatic carbocycles. The maximum absolute atomic E-state index is 6.28. The van der Waals surface area contributed by atoms with E-state index < -0.39 is 8.07 Å². The van der Waals surface area contributed by atoms with Crippen LogP contribution < -0.4 is 0 Å². The Morgan fingerprint density at radius 2 is 2.03 bits per heavy atom. The highest BCUT2D eigenvalue weighted by Gasteiger charge is 2.29. The van der Waals surface area contributed by atoms with Crippen LogP contribution in [0.4, 0.5) is 0 Å². The summed E-state index contributed by atoms with van der Waals surface area (Å²) in [5.74, 6) is 8.10. The van der Waals surface area contributed by atoms with Gasteiger partial charge in [-0.2, -0.15) is 0 Å². The van der Waals surface area contributed by atoms with E-state index in [1.807, 2.05) is 13.0 Å². The molecule has 5 heteroatoms. The van der Waals surface area contributed by atoms with E-state index in [1.54, 1.807) is 0 Å². The minimum absolute atomic E-state index is 0.103. The molecule has 2 bridgehead atoms. The van der Waals surface area contributed by atoms with Gasteiger partial charge >= 0.3 is 0 Å². The first-order valence-electron chi connectivity index (χ1n) is 10.8. The van der Waals surface area contributed by atoms with Crippen LogP contribution in [0.2, 0.25) is 25.7 Å². The van der Waals surface area contributed by atoms with Crippen LogP contribution in [0.15, 0.2) is 28.2 Å². The number of rotatable bonds is 7. The fraction of sp³-hybridized carbons (Fsp3) is 0.600. The molecule has 2 rings (SSSR count). The third-order valence-electron chi connectivity index (χ3n) is 5.16. The van der Waals surface area contributed by atoms with E-state index in [9.17, 15) is 0 Å². The molecule has 2 atom stereocenters. The van der Waals surface area contributed by atoms with E-state index in [0.717, 1.165) is 53.7 Å². The molecule has 1 aromatic rings. The number of ether oxygens (including phenoxy) is 3. The fourth-order valence-corrected chi connectivity index (χ4v) is 4.14. The lowest BCUT2D eigenvalue weighted by atomic mass is 9.88. The SMILES string of the molecule is C=C(C)[C@@H]1CCC#CCOC/C(C)=C\c2cc(C)c(o2)[C@H]1OCOCC[Si](C)(C)C. The third-order valence-corrected chi connectivity index (χ3v) is 6.86. The average Bonchev–Trinajstić information content (AvgIpc) is 2.99. The molecule has 0 radical (unpaired) electrons. The monoisotopic (exact) mass is 430 g/mol. The molecule has 0 unspecified atom stereocenters. The van der Waals surface area contributed by atoms with Crippen LogP contribution in [0.1, 0.15) is 49.9 Å². The second-order valence-corrected chi connectivity index (χ2v) is 15.1. The highest BCUT2D eigenvalue weighted by molar-refractivity contribution is 6.76. The van der Waals surface area contributed by atoms with Crippen LogP contribution in [0.3, 0.4) is 0 Å². The van der Waals surface area contributed by atoms with Gasteiger partial charge in [0.05, 0.1) is 6.61 Å². The van der Waals surface area contributed by atoms with Crippen molar-refractivity contribution in [2.24, 2.45) is 5.92 Å². The summed E-state index contributed by atoms with van der Waals surface area (Å²) in [7, 11) is -1.12. The Morgan fingerprint density at radius 3 is 2.73 bits per heavy atom. The minimum atomic E-state index is -1.12. The molecule has 1 aromatic heterocycles. The first-order chi connectivity index (χ1) is 14.2. The van der Waals surface area contributed by atoms with Crippen molar-refractivity contribution in [3.63, 3.8) is 0 Å². The van der Waals surface area contributed by atoms with Crippen LogP contribution in [0.25, 0.3) is 6.08 Å². The Kier molecular flexibility index (Phi) is 9.64. The summed E-state index contributed by atoms with van der Waals surface area (Å²) in [5.41, 5.74) is 3.24. The van der Waals surface area contributed by atoms with E-state index in [0.29, 0.717) is 13.2 Å². The van der Waals surface area contributed by atoms with Crippen molar-refractivity contribution < 1.29 is 18.6 Å². The van der Waals surface area contributed by atoms with Crippen LogP contribution in [0, 0.1) is 24.7 Å². The van der Waals surface area contributed by atoms with Crippen molar-refractivity contribution in [3.8, 4) is 11.8 Å². The summed E-state index contributed by atoms with van der Waals surface area (Å²) < 4.78 is 24.0. The van der Waals surface area contributed by atoms with Gasteiger partial charge in [-0.1, -0.05) is 37.7 Å². The van der Waals surface area contributed by atoms with E-state index in [-0.39, 0.29) is 18.8 Å². The summed E-state index contributed by atoms with van der Waals surface area (Å²) in [4.78, 5) is 0. The summed E-state index contributed by atoms with van der Waals surface area (Å²) >= 11 is 0. The average molecular weight is 431 g/mol. The molecule has 0 aromatic carbocycles. The highest BCUT2D eigenvalue weighted by atomic mass is 28.3. The molecule has 4 nitrogen and oxygen atoms in total. The van der Waals surface area contributed by atoms with Crippen LogP contribution in [0.5, 0.6) is 0 Å². The van der Waals surface area contributed by atoms with Crippen LogP contribution in [-0.4, -0.2) is 34.7 Å². The van der Waals surface area contributed by atoms with Crippen LogP contribution in [-0.2, 0) is 14.2 Å². The standard InChI is InChI=1S/C25H38O4Si/c1-19(2)23-11-9-8-10-12-26-17-20(3)15-22-16-21(4)24(29-22)25(23)28-18-27-13-14-30(5,6)7/h15-16,23,25H,1,9,11-14,17-18H2,2-7H3/b20-15-/t23-,25-/m0/s1. The minimum Gasteiger partial charge on any atom is -0.459 e. The maximum atomic E-state index is 6.28. The Balaban J connectivity index is 2.25. The smallest absolute Gasteiger partial charge is 0.147 e. The number of fused-ring (bicyclic) bond motifs is 2. The van der Waals surface area contributed by atoms with E-state index in [1.165, 1.54) is 0 Å². The van der Waals surface area contributed by atoms with Gasteiger partial charge in [0.15, 0.2) is 0 Å². The lowest BCUT2D eigenvalue weighted by molar-refractivity contribution is -0.108. The van der Waals surface area contributed by atoms with Crippen molar-refractivity contribution in [3.05, 3.63) is 40.9 Å². The molecule has 166 valence electrons. The molecule has 30 heavy (non-hydrogen) atoms. The number of hydrogen-bond donors (Lipinski definition) is 0. The van der Waals surface area contributed by atoms with Gasteiger partial charge in [-0.15, -0.1) is 5.92 Å². The molecule has 0 N–H and O–H groups in total. The molecule has 2 heterocycles. The van der Waals surface area contributed by atoms with Crippen molar-refractivity contribution in [2.45, 2.75) is 65.4 Å². The van der Waals surface area contributed by atoms with Gasteiger partial charge in [0.1, 0.15) is 31.0 Å². The van der Waals surface area contributed by atoms with Gasteiger partial charge in [0.25, 0.3) is 0 Å². The zero-order chi connectivity index (χ0) is 22.1. The Morgan fingerprint density at radius 1 is 1.27 bits per heavy atom. The van der Waals surface area contributed by atoms with Gasteiger partial charge in [-0.3, -0.25) is 0 Å². The molecule has 0 saturated heterocycles. The van der Waals surface area contributed by atoms with E-state index >= 15 is 0 Å². The second kappa shape index (κ2) is 11.7. The molecule has 0 fully saturated rings. The van der Waals surface area contributed by atoms with Crippen molar-refractivity contribution in [1.29, 1.82) is 0 Å². The first-order valence-corrected chi connectivity index (χ1v) is 14.5. The predicted octanol–water partition coefficient (Wildman–Crippen LogP) is 6.37. The molecular weight excluding hydrogens is 392 g/mol. The molecule has 1 aliphatic heterocycles. The largest absolute Gasteiger partial charge is 0.459 e. The summed E-state index contributed by atoms with van der Waals surface area (Å²) in [5, 5.41) is 0. The Bertz CT molecular complexity index is 788. The van der Waals surface area contributed by atoms with E-state index in [4.69, 9.17) is 18.6 Å². The molecule has 0 saturated carbocycles. The van der Waals surface area contributed by atoms with Crippen molar-refractivity contribution in [2.75, 3.05) is 26.6 Å². The number of aryl methyl sites for hydroxylation is 1. The van der Waals surface area contributed by atoms with Gasteiger partial charge in [0.2, 0.25) is 0 Å². The third kappa shape index (κ3) is 8.27. The van der Waals surface area contributed by atoms with Gasteiger partial charge in [-0.05, 0) is 56.5 Å². The summed E-state index contributed by atoms with van der Waals surface area (Å²) in [6.45, 7) is 19.4.